The summed E-state index contributed by atoms with van der Waals surface area (Å²) in [5.41, 5.74) is 1.84. The van der Waals surface area contributed by atoms with E-state index in [1.165, 1.54) is 0 Å². The SMILES string of the molecule is O=C(Nc1ccc(OCc2ccccc2)cc1)NC1CCC(O)CC1. The van der Waals surface area contributed by atoms with Crippen LogP contribution in [0, 0.1) is 0 Å². The molecule has 0 spiro atoms. The first-order chi connectivity index (χ1) is 12.2. The van der Waals surface area contributed by atoms with E-state index in [1.54, 1.807) is 0 Å². The van der Waals surface area contributed by atoms with E-state index >= 15 is 0 Å². The average Bonchev–Trinajstić information content (AvgIpc) is 2.64. The Kier molecular flexibility index (Phi) is 5.90. The van der Waals surface area contributed by atoms with Gasteiger partial charge in [0, 0.05) is 11.7 Å². The highest BCUT2D eigenvalue weighted by Gasteiger charge is 2.20. The number of hydrogen-bond acceptors (Lipinski definition) is 3. The summed E-state index contributed by atoms with van der Waals surface area (Å²) >= 11 is 0. The van der Waals surface area contributed by atoms with Crippen molar-refractivity contribution < 1.29 is 14.6 Å². The van der Waals surface area contributed by atoms with Crippen LogP contribution in [0.4, 0.5) is 10.5 Å². The van der Waals surface area contributed by atoms with E-state index in [0.717, 1.165) is 42.7 Å². The number of ether oxygens (including phenoxy) is 1. The third-order valence-corrected chi connectivity index (χ3v) is 4.39. The predicted molar refractivity (Wildman–Crippen MR) is 97.6 cm³/mol. The van der Waals surface area contributed by atoms with Gasteiger partial charge in [0.15, 0.2) is 0 Å². The number of carbonyl (C=O) groups excluding carboxylic acids is 1. The van der Waals surface area contributed by atoms with Crippen molar-refractivity contribution in [2.45, 2.75) is 44.4 Å². The first-order valence-electron chi connectivity index (χ1n) is 8.71. The van der Waals surface area contributed by atoms with E-state index < -0.39 is 0 Å². The molecule has 1 aliphatic rings. The van der Waals surface area contributed by atoms with Crippen molar-refractivity contribution in [3.8, 4) is 5.75 Å². The van der Waals surface area contributed by atoms with Crippen LogP contribution in [0.2, 0.25) is 0 Å². The quantitative estimate of drug-likeness (QED) is 0.777. The molecule has 0 radical (unpaired) electrons. The molecule has 1 saturated carbocycles. The van der Waals surface area contributed by atoms with Crippen LogP contribution < -0.4 is 15.4 Å². The normalized spacial score (nSPS) is 19.9. The Labute approximate surface area is 148 Å². The number of carbonyl (C=O) groups is 1. The molecule has 2 amide bonds. The van der Waals surface area contributed by atoms with E-state index in [-0.39, 0.29) is 18.2 Å². The van der Waals surface area contributed by atoms with Crippen molar-refractivity contribution in [3.63, 3.8) is 0 Å². The molecule has 132 valence electrons. The molecule has 3 N–H and O–H groups in total. The molecule has 0 bridgehead atoms. The lowest BCUT2D eigenvalue weighted by molar-refractivity contribution is 0.118. The van der Waals surface area contributed by atoms with Gasteiger partial charge in [0.1, 0.15) is 12.4 Å². The third-order valence-electron chi connectivity index (χ3n) is 4.39. The number of aliphatic hydroxyl groups excluding tert-OH is 1. The summed E-state index contributed by atoms with van der Waals surface area (Å²) in [6.45, 7) is 0.516. The zero-order valence-corrected chi connectivity index (χ0v) is 14.2. The summed E-state index contributed by atoms with van der Waals surface area (Å²) in [6, 6.07) is 17.2. The van der Waals surface area contributed by atoms with Crippen molar-refractivity contribution in [1.82, 2.24) is 5.32 Å². The van der Waals surface area contributed by atoms with Gasteiger partial charge in [-0.1, -0.05) is 30.3 Å². The number of nitrogens with one attached hydrogen (secondary N) is 2. The van der Waals surface area contributed by atoms with Gasteiger partial charge in [-0.15, -0.1) is 0 Å². The average molecular weight is 340 g/mol. The fourth-order valence-corrected chi connectivity index (χ4v) is 2.95. The monoisotopic (exact) mass is 340 g/mol. The molecule has 1 fully saturated rings. The maximum absolute atomic E-state index is 12.0. The zero-order valence-electron chi connectivity index (χ0n) is 14.2. The Morgan fingerprint density at radius 3 is 2.36 bits per heavy atom. The van der Waals surface area contributed by atoms with Crippen LogP contribution in [0.1, 0.15) is 31.2 Å². The van der Waals surface area contributed by atoms with Gasteiger partial charge in [0.25, 0.3) is 0 Å². The first-order valence-corrected chi connectivity index (χ1v) is 8.71. The minimum atomic E-state index is -0.218. The lowest BCUT2D eigenvalue weighted by Gasteiger charge is -2.26. The molecule has 0 unspecified atom stereocenters. The molecular formula is C20H24N2O3. The van der Waals surface area contributed by atoms with Crippen LogP contribution in [0.3, 0.4) is 0 Å². The second-order valence-electron chi connectivity index (χ2n) is 6.40. The predicted octanol–water partition coefficient (Wildman–Crippen LogP) is 3.69. The molecule has 1 aliphatic carbocycles. The van der Waals surface area contributed by atoms with E-state index in [2.05, 4.69) is 10.6 Å². The number of hydrogen-bond donors (Lipinski definition) is 3. The fourth-order valence-electron chi connectivity index (χ4n) is 2.95. The minimum absolute atomic E-state index is 0.136. The van der Waals surface area contributed by atoms with Crippen LogP contribution in [-0.2, 0) is 6.61 Å². The second kappa shape index (κ2) is 8.53. The Balaban J connectivity index is 1.44. The fraction of sp³-hybridized carbons (Fsp3) is 0.350. The molecule has 5 heteroatoms. The van der Waals surface area contributed by atoms with Gasteiger partial charge in [0.05, 0.1) is 6.10 Å². The van der Waals surface area contributed by atoms with Gasteiger partial charge in [-0.3, -0.25) is 0 Å². The van der Waals surface area contributed by atoms with Gasteiger partial charge >= 0.3 is 6.03 Å². The molecule has 2 aromatic rings. The Morgan fingerprint density at radius 1 is 1.00 bits per heavy atom. The first kappa shape index (κ1) is 17.3. The summed E-state index contributed by atoms with van der Waals surface area (Å²) in [6.07, 6.45) is 2.92. The molecule has 0 atom stereocenters. The van der Waals surface area contributed by atoms with Crippen LogP contribution >= 0.6 is 0 Å². The standard InChI is InChI=1S/C20H24N2O3/c23-18-10-6-16(7-11-18)21-20(24)22-17-8-12-19(13-9-17)25-14-15-4-2-1-3-5-15/h1-5,8-9,12-13,16,18,23H,6-7,10-11,14H2,(H2,21,22,24). The Hall–Kier alpha value is -2.53. The maximum atomic E-state index is 12.0. The summed E-state index contributed by atoms with van der Waals surface area (Å²) in [4.78, 5) is 12.0. The van der Waals surface area contributed by atoms with E-state index in [0.29, 0.717) is 6.61 Å². The highest BCUT2D eigenvalue weighted by molar-refractivity contribution is 5.89. The molecule has 2 aromatic carbocycles. The van der Waals surface area contributed by atoms with Crippen molar-refractivity contribution >= 4 is 11.7 Å². The largest absolute Gasteiger partial charge is 0.489 e. The number of benzene rings is 2. The Morgan fingerprint density at radius 2 is 1.68 bits per heavy atom. The molecular weight excluding hydrogens is 316 g/mol. The van der Waals surface area contributed by atoms with Crippen LogP contribution in [-0.4, -0.2) is 23.3 Å². The zero-order chi connectivity index (χ0) is 17.5. The lowest BCUT2D eigenvalue weighted by Crippen LogP contribution is -2.40. The third kappa shape index (κ3) is 5.50. The number of aliphatic hydroxyl groups is 1. The van der Waals surface area contributed by atoms with Gasteiger partial charge in [-0.25, -0.2) is 4.79 Å². The highest BCUT2D eigenvalue weighted by atomic mass is 16.5. The maximum Gasteiger partial charge on any atom is 0.319 e. The number of rotatable bonds is 5. The van der Waals surface area contributed by atoms with Gasteiger partial charge in [-0.2, -0.15) is 0 Å². The number of amides is 2. The number of anilines is 1. The molecule has 0 aromatic heterocycles. The van der Waals surface area contributed by atoms with Crippen molar-refractivity contribution in [3.05, 3.63) is 60.2 Å². The molecule has 5 nitrogen and oxygen atoms in total. The van der Waals surface area contributed by atoms with Gasteiger partial charge in [0.2, 0.25) is 0 Å². The van der Waals surface area contributed by atoms with Crippen LogP contribution in [0.25, 0.3) is 0 Å². The van der Waals surface area contributed by atoms with E-state index in [4.69, 9.17) is 4.74 Å². The second-order valence-corrected chi connectivity index (χ2v) is 6.40. The molecule has 0 aliphatic heterocycles. The van der Waals surface area contributed by atoms with Gasteiger partial charge < -0.3 is 20.5 Å². The summed E-state index contributed by atoms with van der Waals surface area (Å²) < 4.78 is 5.73. The van der Waals surface area contributed by atoms with Crippen molar-refractivity contribution in [2.75, 3.05) is 5.32 Å². The lowest BCUT2D eigenvalue weighted by atomic mass is 9.93. The summed E-state index contributed by atoms with van der Waals surface area (Å²) in [5.74, 6) is 0.760. The molecule has 25 heavy (non-hydrogen) atoms. The number of urea groups is 1. The summed E-state index contributed by atoms with van der Waals surface area (Å²) in [7, 11) is 0. The van der Waals surface area contributed by atoms with E-state index in [1.807, 2.05) is 54.6 Å². The van der Waals surface area contributed by atoms with E-state index in [9.17, 15) is 9.90 Å². The molecule has 0 heterocycles. The molecule has 0 saturated heterocycles. The Bertz CT molecular complexity index is 665. The smallest absolute Gasteiger partial charge is 0.319 e. The highest BCUT2D eigenvalue weighted by Crippen LogP contribution is 2.19. The van der Waals surface area contributed by atoms with Crippen molar-refractivity contribution in [1.29, 1.82) is 0 Å². The van der Waals surface area contributed by atoms with Crippen molar-refractivity contribution in [2.24, 2.45) is 0 Å². The van der Waals surface area contributed by atoms with Crippen LogP contribution in [0.15, 0.2) is 54.6 Å². The molecule has 3 rings (SSSR count). The minimum Gasteiger partial charge on any atom is -0.489 e. The van der Waals surface area contributed by atoms with Gasteiger partial charge in [-0.05, 0) is 55.5 Å². The van der Waals surface area contributed by atoms with Crippen LogP contribution in [0.5, 0.6) is 5.75 Å². The summed E-state index contributed by atoms with van der Waals surface area (Å²) in [5, 5.41) is 15.3. The topological polar surface area (TPSA) is 70.6 Å².